The van der Waals surface area contributed by atoms with Crippen LogP contribution in [0.3, 0.4) is 0 Å². The highest BCUT2D eigenvalue weighted by atomic mass is 19.1. The number of nitrogens with zero attached hydrogens (tertiary/aromatic N) is 5. The Labute approximate surface area is 260 Å². The number of hydrogen-bond acceptors (Lipinski definition) is 5. The van der Waals surface area contributed by atoms with Crippen molar-refractivity contribution in [2.24, 2.45) is 17.8 Å². The second kappa shape index (κ2) is 13.0. The minimum atomic E-state index is -0.402. The third-order valence-corrected chi connectivity index (χ3v) is 10.5. The number of likely N-dealkylation sites (tertiary alicyclic amines) is 1. The topological polar surface area (TPSA) is 67.0 Å². The van der Waals surface area contributed by atoms with E-state index in [0.29, 0.717) is 24.1 Å². The summed E-state index contributed by atoms with van der Waals surface area (Å²) >= 11 is 0. The molecule has 6 rings (SSSR count). The third-order valence-electron chi connectivity index (χ3n) is 10.5. The summed E-state index contributed by atoms with van der Waals surface area (Å²) in [6.07, 6.45) is 8.37. The van der Waals surface area contributed by atoms with E-state index >= 15 is 0 Å². The first-order valence-electron chi connectivity index (χ1n) is 15.9. The van der Waals surface area contributed by atoms with Crippen molar-refractivity contribution in [1.29, 1.82) is 0 Å². The van der Waals surface area contributed by atoms with Gasteiger partial charge in [0.2, 0.25) is 0 Å². The van der Waals surface area contributed by atoms with E-state index < -0.39 is 6.09 Å². The lowest BCUT2D eigenvalue weighted by Gasteiger charge is -2.51. The lowest BCUT2D eigenvalue weighted by atomic mass is 9.58. The fourth-order valence-electron chi connectivity index (χ4n) is 8.31. The number of imidazole rings is 1. The van der Waals surface area contributed by atoms with Crippen LogP contribution in [0.25, 0.3) is 4.85 Å². The first kappa shape index (κ1) is 30.1. The number of hydrogen-bond donors (Lipinski definition) is 1. The van der Waals surface area contributed by atoms with Gasteiger partial charge in [0.25, 0.3) is 0 Å². The number of carbonyl (C=O) groups is 1. The molecule has 1 N–H and O–H groups in total. The number of aromatic nitrogens is 2. The number of nitrogens with one attached hydrogen (secondary N) is 1. The Hall–Kier alpha value is -3.90. The van der Waals surface area contributed by atoms with Crippen molar-refractivity contribution in [1.82, 2.24) is 19.8 Å². The molecule has 3 fully saturated rings. The van der Waals surface area contributed by atoms with Crippen LogP contribution in [-0.2, 0) is 16.7 Å². The van der Waals surface area contributed by atoms with Crippen molar-refractivity contribution < 1.29 is 13.9 Å². The summed E-state index contributed by atoms with van der Waals surface area (Å²) in [4.78, 5) is 25.5. The highest BCUT2D eigenvalue weighted by Gasteiger charge is 2.52. The SMILES string of the molecule is [C-]#[N+]c1ccc(N2CC(CN3CCC([C@@](Cn4ccnc4C)(c4cccc(F)c4)[C@H]4CCC[C@@H]4NC(=O)OC)CC3)C2)cc1. The minimum absolute atomic E-state index is 0.0441. The lowest BCUT2D eigenvalue weighted by molar-refractivity contribution is 0.0543. The van der Waals surface area contributed by atoms with Crippen molar-refractivity contribution in [3.8, 4) is 0 Å². The van der Waals surface area contributed by atoms with E-state index in [2.05, 4.69) is 47.7 Å². The molecule has 0 radical (unpaired) electrons. The zero-order valence-electron chi connectivity index (χ0n) is 25.8. The average Bonchev–Trinajstić information content (AvgIpc) is 3.66. The molecule has 44 heavy (non-hydrogen) atoms. The summed E-state index contributed by atoms with van der Waals surface area (Å²) in [5.41, 5.74) is 2.50. The number of anilines is 1. The molecule has 3 atom stereocenters. The second-order valence-corrected chi connectivity index (χ2v) is 12.9. The van der Waals surface area contributed by atoms with Gasteiger partial charge in [-0.15, -0.1) is 0 Å². The zero-order chi connectivity index (χ0) is 30.7. The molecule has 2 saturated heterocycles. The maximum atomic E-state index is 15.0. The van der Waals surface area contributed by atoms with Crippen LogP contribution in [0, 0.1) is 37.1 Å². The molecule has 1 aromatic heterocycles. The number of piperidine rings is 1. The van der Waals surface area contributed by atoms with E-state index in [1.54, 1.807) is 6.07 Å². The number of halogens is 1. The maximum Gasteiger partial charge on any atom is 0.407 e. The van der Waals surface area contributed by atoms with E-state index in [4.69, 9.17) is 11.3 Å². The van der Waals surface area contributed by atoms with E-state index in [0.717, 1.165) is 76.2 Å². The number of alkyl carbamates (subject to hydrolysis) is 1. The molecule has 1 aliphatic carbocycles. The quantitative estimate of drug-likeness (QED) is 0.298. The molecule has 9 heteroatoms. The molecule has 0 spiro atoms. The summed E-state index contributed by atoms with van der Waals surface area (Å²) in [5.74, 6) is 1.79. The van der Waals surface area contributed by atoms with Crippen molar-refractivity contribution in [3.05, 3.63) is 89.5 Å². The monoisotopic (exact) mass is 598 g/mol. The number of rotatable bonds is 9. The summed E-state index contributed by atoms with van der Waals surface area (Å²) in [6, 6.07) is 15.0. The molecule has 2 aromatic carbocycles. The van der Waals surface area contributed by atoms with Gasteiger partial charge in [0.15, 0.2) is 5.69 Å². The van der Waals surface area contributed by atoms with Crippen molar-refractivity contribution >= 4 is 17.5 Å². The van der Waals surface area contributed by atoms with Gasteiger partial charge in [-0.3, -0.25) is 0 Å². The van der Waals surface area contributed by atoms with Gasteiger partial charge < -0.3 is 24.4 Å². The summed E-state index contributed by atoms with van der Waals surface area (Å²) in [7, 11) is 1.41. The molecule has 232 valence electrons. The maximum absolute atomic E-state index is 15.0. The van der Waals surface area contributed by atoms with Crippen LogP contribution < -0.4 is 10.2 Å². The van der Waals surface area contributed by atoms with Gasteiger partial charge in [-0.05, 0) is 87.4 Å². The van der Waals surface area contributed by atoms with Gasteiger partial charge in [0.05, 0.1) is 13.7 Å². The molecule has 8 nitrogen and oxygen atoms in total. The zero-order valence-corrected chi connectivity index (χ0v) is 25.8. The highest BCUT2D eigenvalue weighted by molar-refractivity contribution is 5.67. The minimum Gasteiger partial charge on any atom is -0.453 e. The Bertz CT molecular complexity index is 1470. The summed E-state index contributed by atoms with van der Waals surface area (Å²) < 4.78 is 22.2. The number of carbonyl (C=O) groups excluding carboxylic acids is 1. The fraction of sp³-hybridized carbons (Fsp3) is 0.514. The predicted octanol–water partition coefficient (Wildman–Crippen LogP) is 6.19. The van der Waals surface area contributed by atoms with Gasteiger partial charge in [-0.2, -0.15) is 0 Å². The van der Waals surface area contributed by atoms with Gasteiger partial charge in [-0.1, -0.05) is 30.7 Å². The second-order valence-electron chi connectivity index (χ2n) is 12.9. The van der Waals surface area contributed by atoms with Gasteiger partial charge in [0.1, 0.15) is 11.6 Å². The van der Waals surface area contributed by atoms with Crippen molar-refractivity contribution in [2.45, 2.75) is 57.0 Å². The van der Waals surface area contributed by atoms with Crippen LogP contribution in [-0.4, -0.2) is 66.4 Å². The fourth-order valence-corrected chi connectivity index (χ4v) is 8.31. The van der Waals surface area contributed by atoms with Crippen molar-refractivity contribution in [2.75, 3.05) is 44.7 Å². The van der Waals surface area contributed by atoms with Crippen LogP contribution in [0.1, 0.15) is 43.5 Å². The Balaban J connectivity index is 1.22. The predicted molar refractivity (Wildman–Crippen MR) is 169 cm³/mol. The number of benzene rings is 2. The van der Waals surface area contributed by atoms with Crippen molar-refractivity contribution in [3.63, 3.8) is 0 Å². The molecule has 3 heterocycles. The Kier molecular flexibility index (Phi) is 8.90. The van der Waals surface area contributed by atoms with Crippen LogP contribution in [0.5, 0.6) is 0 Å². The molecular formula is C35H43FN6O2. The average molecular weight is 599 g/mol. The van der Waals surface area contributed by atoms with Crippen LogP contribution in [0.2, 0.25) is 0 Å². The molecule has 3 aromatic rings. The van der Waals surface area contributed by atoms with Gasteiger partial charge in [0, 0.05) is 61.6 Å². The standard InChI is InChI=1S/C35H43FN6O2/c1-25-38-16-19-41(25)24-35(28-6-4-7-29(36)20-28,32-8-5-9-33(32)39-34(43)44-3)27-14-17-40(18-15-27)21-26-22-42(23-26)31-12-10-30(37-2)11-13-31/h4,6-7,10-13,16,19-20,26-27,32-33H,5,8-9,14-15,17-18,21-24H2,1,3H3,(H,39,43)/t32-,33-,35-/m0/s1. The van der Waals surface area contributed by atoms with E-state index in [9.17, 15) is 9.18 Å². The summed E-state index contributed by atoms with van der Waals surface area (Å²) in [6.45, 7) is 15.1. The number of ether oxygens (including phenoxy) is 1. The number of aryl methyl sites for hydroxylation is 1. The third kappa shape index (κ3) is 6.05. The highest BCUT2D eigenvalue weighted by Crippen LogP contribution is 2.52. The molecule has 1 saturated carbocycles. The van der Waals surface area contributed by atoms with Crippen LogP contribution in [0.4, 0.5) is 20.6 Å². The molecule has 1 amide bonds. The van der Waals surface area contributed by atoms with E-state index in [1.807, 2.05) is 37.5 Å². The number of amides is 1. The summed E-state index contributed by atoms with van der Waals surface area (Å²) in [5, 5.41) is 3.17. The Morgan fingerprint density at radius 3 is 2.57 bits per heavy atom. The Morgan fingerprint density at radius 1 is 1.14 bits per heavy atom. The normalized spacial score (nSPS) is 22.6. The van der Waals surface area contributed by atoms with E-state index in [-0.39, 0.29) is 23.2 Å². The molecule has 0 bridgehead atoms. The largest absolute Gasteiger partial charge is 0.453 e. The smallest absolute Gasteiger partial charge is 0.407 e. The van der Waals surface area contributed by atoms with E-state index in [1.165, 1.54) is 18.9 Å². The Morgan fingerprint density at radius 2 is 1.91 bits per heavy atom. The molecule has 3 aliphatic rings. The van der Waals surface area contributed by atoms with Crippen LogP contribution in [0.15, 0.2) is 60.9 Å². The molecule has 0 unspecified atom stereocenters. The molecule has 2 aliphatic heterocycles. The van der Waals surface area contributed by atoms with Crippen LogP contribution >= 0.6 is 0 Å². The van der Waals surface area contributed by atoms with Gasteiger partial charge >= 0.3 is 6.09 Å². The molecular weight excluding hydrogens is 555 g/mol. The number of methoxy groups -OCH3 is 1. The van der Waals surface area contributed by atoms with Gasteiger partial charge in [-0.25, -0.2) is 19.0 Å². The lowest BCUT2D eigenvalue weighted by Crippen LogP contribution is -2.56. The first-order chi connectivity index (χ1) is 21.4. The first-order valence-corrected chi connectivity index (χ1v) is 15.9.